The van der Waals surface area contributed by atoms with Crippen molar-refractivity contribution in [2.75, 3.05) is 0 Å². The van der Waals surface area contributed by atoms with Gasteiger partial charge in [-0.05, 0) is 18.9 Å². The van der Waals surface area contributed by atoms with Crippen LogP contribution < -0.4 is 10.2 Å². The molecule has 0 aromatic heterocycles. The Morgan fingerprint density at radius 3 is 2.79 bits per heavy atom. The van der Waals surface area contributed by atoms with Crippen molar-refractivity contribution < 1.29 is 9.66 Å². The zero-order chi connectivity index (χ0) is 10.1. The quantitative estimate of drug-likeness (QED) is 0.394. The van der Waals surface area contributed by atoms with Crippen LogP contribution in [0, 0.1) is 10.1 Å². The van der Waals surface area contributed by atoms with Crippen LogP contribution in [0.5, 0.6) is 5.75 Å². The molecule has 0 aliphatic heterocycles. The molecule has 1 aromatic rings. The van der Waals surface area contributed by atoms with Gasteiger partial charge < -0.3 is 4.74 Å². The Balaban J connectivity index is 2.31. The van der Waals surface area contributed by atoms with E-state index in [0.29, 0.717) is 5.75 Å². The summed E-state index contributed by atoms with van der Waals surface area (Å²) in [6.07, 6.45) is 2.20. The predicted octanol–water partition coefficient (Wildman–Crippen LogP) is 0.394. The van der Waals surface area contributed by atoms with E-state index >= 15 is 0 Å². The van der Waals surface area contributed by atoms with Gasteiger partial charge in [0, 0.05) is 6.07 Å². The highest BCUT2D eigenvalue weighted by Crippen LogP contribution is 2.32. The predicted molar refractivity (Wildman–Crippen MR) is 54.9 cm³/mol. The van der Waals surface area contributed by atoms with Crippen LogP contribution in [0.15, 0.2) is 18.2 Å². The second-order valence-electron chi connectivity index (χ2n) is 3.55. The SMILES string of the molecule is Bc1ccc([N+](=O)[O-])c(OC2CC2)c1. The molecular weight excluding hydrogens is 181 g/mol. The summed E-state index contributed by atoms with van der Waals surface area (Å²) >= 11 is 0. The third kappa shape index (κ3) is 1.87. The van der Waals surface area contributed by atoms with Gasteiger partial charge in [-0.15, -0.1) is 0 Å². The molecule has 0 spiro atoms. The first-order valence-corrected chi connectivity index (χ1v) is 4.58. The van der Waals surface area contributed by atoms with Crippen LogP contribution in [0.4, 0.5) is 5.69 Å². The number of ether oxygens (including phenoxy) is 1. The molecule has 1 saturated carbocycles. The lowest BCUT2D eigenvalue weighted by Gasteiger charge is -2.05. The molecule has 0 radical (unpaired) electrons. The van der Waals surface area contributed by atoms with Crippen molar-refractivity contribution in [1.82, 2.24) is 0 Å². The molecule has 0 amide bonds. The fourth-order valence-corrected chi connectivity index (χ4v) is 1.23. The van der Waals surface area contributed by atoms with Crippen molar-refractivity contribution in [1.29, 1.82) is 0 Å². The third-order valence-electron chi connectivity index (χ3n) is 2.13. The Kier molecular flexibility index (Phi) is 2.15. The first kappa shape index (κ1) is 9.06. The van der Waals surface area contributed by atoms with E-state index in [1.165, 1.54) is 6.07 Å². The van der Waals surface area contributed by atoms with Gasteiger partial charge in [-0.25, -0.2) is 0 Å². The van der Waals surface area contributed by atoms with Crippen molar-refractivity contribution in [3.05, 3.63) is 28.3 Å². The highest BCUT2D eigenvalue weighted by atomic mass is 16.6. The minimum Gasteiger partial charge on any atom is -0.484 e. The van der Waals surface area contributed by atoms with E-state index in [4.69, 9.17) is 4.74 Å². The Labute approximate surface area is 82.4 Å². The molecule has 1 aliphatic rings. The molecular formula is C9H10BNO3. The van der Waals surface area contributed by atoms with Gasteiger partial charge >= 0.3 is 5.69 Å². The Hall–Kier alpha value is -1.52. The molecule has 2 rings (SSSR count). The fourth-order valence-electron chi connectivity index (χ4n) is 1.23. The van der Waals surface area contributed by atoms with E-state index in [-0.39, 0.29) is 11.8 Å². The van der Waals surface area contributed by atoms with Crippen LogP contribution in [-0.4, -0.2) is 18.9 Å². The van der Waals surface area contributed by atoms with Crippen molar-refractivity contribution in [3.8, 4) is 5.75 Å². The van der Waals surface area contributed by atoms with Crippen molar-refractivity contribution >= 4 is 19.0 Å². The molecule has 4 nitrogen and oxygen atoms in total. The monoisotopic (exact) mass is 191 g/mol. The standard InChI is InChI=1S/C9H10BNO3/c10-6-1-4-8(11(12)13)9(5-6)14-7-2-3-7/h1,4-5,7H,2-3,10H2. The summed E-state index contributed by atoms with van der Waals surface area (Å²) < 4.78 is 5.46. The lowest BCUT2D eigenvalue weighted by Crippen LogP contribution is -2.06. The maximum Gasteiger partial charge on any atom is 0.310 e. The lowest BCUT2D eigenvalue weighted by atomic mass is 9.96. The van der Waals surface area contributed by atoms with Gasteiger partial charge in [0.25, 0.3) is 0 Å². The van der Waals surface area contributed by atoms with Gasteiger partial charge in [-0.3, -0.25) is 10.1 Å². The molecule has 0 heterocycles. The van der Waals surface area contributed by atoms with Crippen LogP contribution in [0.2, 0.25) is 0 Å². The molecule has 72 valence electrons. The van der Waals surface area contributed by atoms with Gasteiger partial charge in [-0.2, -0.15) is 0 Å². The Bertz CT molecular complexity index is 376. The van der Waals surface area contributed by atoms with Crippen LogP contribution >= 0.6 is 0 Å². The van der Waals surface area contributed by atoms with Crippen LogP contribution in [0.25, 0.3) is 0 Å². The van der Waals surface area contributed by atoms with E-state index in [9.17, 15) is 10.1 Å². The molecule has 1 fully saturated rings. The normalized spacial score (nSPS) is 15.1. The zero-order valence-corrected chi connectivity index (χ0v) is 7.90. The number of nitro groups is 1. The number of nitro benzene ring substituents is 1. The van der Waals surface area contributed by atoms with Crippen LogP contribution in [0.3, 0.4) is 0 Å². The van der Waals surface area contributed by atoms with E-state index in [2.05, 4.69) is 0 Å². The molecule has 0 saturated heterocycles. The zero-order valence-electron chi connectivity index (χ0n) is 7.90. The Morgan fingerprint density at radius 1 is 1.50 bits per heavy atom. The summed E-state index contributed by atoms with van der Waals surface area (Å²) in [5.41, 5.74) is 1.04. The average molecular weight is 191 g/mol. The molecule has 1 aliphatic carbocycles. The first-order chi connectivity index (χ1) is 6.66. The minimum atomic E-state index is -0.406. The van der Waals surface area contributed by atoms with E-state index in [1.54, 1.807) is 12.1 Å². The summed E-state index contributed by atoms with van der Waals surface area (Å²) in [6, 6.07) is 4.93. The van der Waals surface area contributed by atoms with Crippen molar-refractivity contribution in [2.24, 2.45) is 0 Å². The number of benzene rings is 1. The molecule has 0 N–H and O–H groups in total. The smallest absolute Gasteiger partial charge is 0.310 e. The summed E-state index contributed by atoms with van der Waals surface area (Å²) in [6.45, 7) is 0. The van der Waals surface area contributed by atoms with Gasteiger partial charge in [0.15, 0.2) is 5.75 Å². The Morgan fingerprint density at radius 2 is 2.21 bits per heavy atom. The molecule has 0 bridgehead atoms. The summed E-state index contributed by atoms with van der Waals surface area (Å²) in [7, 11) is 1.89. The molecule has 1 aromatic carbocycles. The third-order valence-corrected chi connectivity index (χ3v) is 2.13. The fraction of sp³-hybridized carbons (Fsp3) is 0.333. The van der Waals surface area contributed by atoms with Gasteiger partial charge in [0.1, 0.15) is 7.85 Å². The van der Waals surface area contributed by atoms with Crippen molar-refractivity contribution in [3.63, 3.8) is 0 Å². The van der Waals surface area contributed by atoms with Crippen molar-refractivity contribution in [2.45, 2.75) is 18.9 Å². The van der Waals surface area contributed by atoms with E-state index < -0.39 is 4.92 Å². The summed E-state index contributed by atoms with van der Waals surface area (Å²) in [4.78, 5) is 10.3. The van der Waals surface area contributed by atoms with Gasteiger partial charge in [0.05, 0.1) is 11.0 Å². The van der Waals surface area contributed by atoms with Gasteiger partial charge in [0.2, 0.25) is 0 Å². The lowest BCUT2D eigenvalue weighted by molar-refractivity contribution is -0.385. The largest absolute Gasteiger partial charge is 0.484 e. The number of hydrogen-bond donors (Lipinski definition) is 0. The molecule has 5 heteroatoms. The summed E-state index contributed by atoms with van der Waals surface area (Å²) in [5, 5.41) is 10.7. The maximum atomic E-state index is 10.7. The number of nitrogens with zero attached hydrogens (tertiary/aromatic N) is 1. The van der Waals surface area contributed by atoms with E-state index in [1.807, 2.05) is 7.85 Å². The first-order valence-electron chi connectivity index (χ1n) is 4.58. The maximum absolute atomic E-state index is 10.7. The molecule has 0 unspecified atom stereocenters. The topological polar surface area (TPSA) is 52.4 Å². The second kappa shape index (κ2) is 3.33. The molecule has 14 heavy (non-hydrogen) atoms. The minimum absolute atomic E-state index is 0.0579. The number of rotatable bonds is 3. The van der Waals surface area contributed by atoms with E-state index in [0.717, 1.165) is 18.3 Å². The summed E-state index contributed by atoms with van der Waals surface area (Å²) in [5.74, 6) is 0.400. The molecule has 0 atom stereocenters. The van der Waals surface area contributed by atoms with Crippen LogP contribution in [-0.2, 0) is 0 Å². The average Bonchev–Trinajstić information content (AvgIpc) is 2.87. The highest BCUT2D eigenvalue weighted by Gasteiger charge is 2.27. The van der Waals surface area contributed by atoms with Crippen LogP contribution in [0.1, 0.15) is 12.8 Å². The number of hydrogen-bond acceptors (Lipinski definition) is 3. The van der Waals surface area contributed by atoms with Gasteiger partial charge in [-0.1, -0.05) is 11.5 Å². The highest BCUT2D eigenvalue weighted by molar-refractivity contribution is 6.32. The second-order valence-corrected chi connectivity index (χ2v) is 3.55.